The fourth-order valence-corrected chi connectivity index (χ4v) is 1.81. The van der Waals surface area contributed by atoms with Crippen molar-refractivity contribution in [3.63, 3.8) is 0 Å². The van der Waals surface area contributed by atoms with Gasteiger partial charge in [0.05, 0.1) is 0 Å². The lowest BCUT2D eigenvalue weighted by Gasteiger charge is -2.01. The third kappa shape index (κ3) is 1.89. The van der Waals surface area contributed by atoms with Crippen LogP contribution < -0.4 is 0 Å². The molecular weight excluding hydrogens is 200 g/mol. The van der Waals surface area contributed by atoms with Gasteiger partial charge in [0, 0.05) is 11.3 Å². The van der Waals surface area contributed by atoms with Crippen LogP contribution in [-0.4, -0.2) is 19.8 Å². The van der Waals surface area contributed by atoms with E-state index in [9.17, 15) is 8.42 Å². The minimum absolute atomic E-state index is 0.144. The Bertz CT molecular complexity index is 397. The summed E-state index contributed by atoms with van der Waals surface area (Å²) in [6.45, 7) is 0. The Balaban J connectivity index is 3.43. The number of sulfone groups is 1. The second-order valence-corrected chi connectivity index (χ2v) is 4.80. The maximum atomic E-state index is 11.0. The number of aromatic hydroxyl groups is 1. The van der Waals surface area contributed by atoms with Crippen molar-refractivity contribution in [1.29, 1.82) is 0 Å². The minimum Gasteiger partial charge on any atom is -0.507 e. The van der Waals surface area contributed by atoms with Gasteiger partial charge >= 0.3 is 0 Å². The van der Waals surface area contributed by atoms with E-state index in [-0.39, 0.29) is 15.7 Å². The number of halogens is 1. The van der Waals surface area contributed by atoms with Gasteiger partial charge in [0.2, 0.25) is 0 Å². The Morgan fingerprint density at radius 2 is 2.00 bits per heavy atom. The molecule has 12 heavy (non-hydrogen) atoms. The molecule has 0 aliphatic carbocycles. The van der Waals surface area contributed by atoms with Crippen LogP contribution in [0, 0.1) is 0 Å². The smallest absolute Gasteiger partial charge is 0.179 e. The van der Waals surface area contributed by atoms with E-state index in [1.165, 1.54) is 18.2 Å². The molecule has 1 rings (SSSR count). The average molecular weight is 207 g/mol. The zero-order valence-electron chi connectivity index (χ0n) is 6.28. The van der Waals surface area contributed by atoms with Crippen LogP contribution in [0.3, 0.4) is 0 Å². The van der Waals surface area contributed by atoms with Gasteiger partial charge in [-0.2, -0.15) is 0 Å². The summed E-state index contributed by atoms with van der Waals surface area (Å²) in [5.41, 5.74) is 0. The maximum Gasteiger partial charge on any atom is 0.179 e. The van der Waals surface area contributed by atoms with Gasteiger partial charge in [-0.3, -0.25) is 0 Å². The molecule has 66 valence electrons. The van der Waals surface area contributed by atoms with Crippen LogP contribution in [0.2, 0.25) is 5.02 Å². The summed E-state index contributed by atoms with van der Waals surface area (Å²) < 4.78 is 22.0. The number of hydrogen-bond donors (Lipinski definition) is 1. The molecule has 0 bridgehead atoms. The van der Waals surface area contributed by atoms with Gasteiger partial charge in [-0.1, -0.05) is 11.6 Å². The van der Waals surface area contributed by atoms with Gasteiger partial charge < -0.3 is 5.11 Å². The topological polar surface area (TPSA) is 54.4 Å². The van der Waals surface area contributed by atoms with Gasteiger partial charge in [0.25, 0.3) is 0 Å². The highest BCUT2D eigenvalue weighted by Gasteiger charge is 2.12. The largest absolute Gasteiger partial charge is 0.507 e. The number of benzene rings is 1. The molecule has 0 atom stereocenters. The first-order valence-electron chi connectivity index (χ1n) is 3.10. The van der Waals surface area contributed by atoms with Crippen molar-refractivity contribution in [3.05, 3.63) is 23.2 Å². The Kier molecular flexibility index (Phi) is 2.30. The second kappa shape index (κ2) is 2.95. The van der Waals surface area contributed by atoms with E-state index in [2.05, 4.69) is 0 Å². The molecule has 0 amide bonds. The summed E-state index contributed by atoms with van der Waals surface area (Å²) in [5, 5.41) is 9.42. The van der Waals surface area contributed by atoms with Crippen molar-refractivity contribution < 1.29 is 13.5 Å². The molecule has 0 saturated carbocycles. The molecule has 1 aromatic rings. The number of phenols is 1. The molecule has 0 aliphatic rings. The quantitative estimate of drug-likeness (QED) is 0.757. The SMILES string of the molecule is CS(=O)(=O)c1cc(Cl)ccc1O. The van der Waals surface area contributed by atoms with Gasteiger partial charge in [0.15, 0.2) is 9.84 Å². The summed E-state index contributed by atoms with van der Waals surface area (Å²) in [7, 11) is -3.39. The van der Waals surface area contributed by atoms with Crippen molar-refractivity contribution in [3.8, 4) is 5.75 Å². The van der Waals surface area contributed by atoms with Gasteiger partial charge in [-0.15, -0.1) is 0 Å². The third-order valence-electron chi connectivity index (χ3n) is 1.32. The van der Waals surface area contributed by atoms with E-state index < -0.39 is 9.84 Å². The molecule has 0 unspecified atom stereocenters. The van der Waals surface area contributed by atoms with E-state index in [0.29, 0.717) is 0 Å². The number of phenolic OH excluding ortho intramolecular Hbond substituents is 1. The highest BCUT2D eigenvalue weighted by molar-refractivity contribution is 7.90. The maximum absolute atomic E-state index is 11.0. The van der Waals surface area contributed by atoms with Crippen molar-refractivity contribution >= 4 is 21.4 Å². The first kappa shape index (κ1) is 9.35. The van der Waals surface area contributed by atoms with Crippen molar-refractivity contribution in [2.75, 3.05) is 6.26 Å². The van der Waals surface area contributed by atoms with Crippen molar-refractivity contribution in [1.82, 2.24) is 0 Å². The molecule has 0 radical (unpaired) electrons. The Morgan fingerprint density at radius 3 is 2.42 bits per heavy atom. The van der Waals surface area contributed by atoms with E-state index in [0.717, 1.165) is 6.26 Å². The summed E-state index contributed by atoms with van der Waals surface area (Å²) >= 11 is 5.55. The van der Waals surface area contributed by atoms with Gasteiger partial charge in [-0.25, -0.2) is 8.42 Å². The van der Waals surface area contributed by atoms with Crippen LogP contribution in [0.25, 0.3) is 0 Å². The summed E-state index contributed by atoms with van der Waals surface area (Å²) in [4.78, 5) is -0.144. The molecule has 5 heteroatoms. The zero-order chi connectivity index (χ0) is 9.35. The highest BCUT2D eigenvalue weighted by atomic mass is 35.5. The highest BCUT2D eigenvalue weighted by Crippen LogP contribution is 2.25. The van der Waals surface area contributed by atoms with Crippen LogP contribution in [0.15, 0.2) is 23.1 Å². The Hall–Kier alpha value is -0.740. The molecule has 1 aromatic carbocycles. The summed E-state index contributed by atoms with van der Waals surface area (Å²) in [6.07, 6.45) is 1.01. The normalized spacial score (nSPS) is 11.5. The predicted octanol–water partition coefficient (Wildman–Crippen LogP) is 1.45. The predicted molar refractivity (Wildman–Crippen MR) is 46.2 cm³/mol. The molecule has 3 nitrogen and oxygen atoms in total. The zero-order valence-corrected chi connectivity index (χ0v) is 7.85. The van der Waals surface area contributed by atoms with Gasteiger partial charge in [0.1, 0.15) is 10.6 Å². The number of rotatable bonds is 1. The standard InChI is InChI=1S/C7H7ClO3S/c1-12(10,11)7-4-5(8)2-3-6(7)9/h2-4,9H,1H3. The van der Waals surface area contributed by atoms with Crippen LogP contribution in [0.4, 0.5) is 0 Å². The second-order valence-electron chi connectivity index (χ2n) is 2.38. The first-order chi connectivity index (χ1) is 5.41. The minimum atomic E-state index is -3.39. The summed E-state index contributed by atoms with van der Waals surface area (Å²) in [5.74, 6) is -0.276. The molecule has 0 aliphatic heterocycles. The van der Waals surface area contributed by atoms with Gasteiger partial charge in [-0.05, 0) is 18.2 Å². The third-order valence-corrected chi connectivity index (χ3v) is 2.68. The van der Waals surface area contributed by atoms with E-state index in [1.54, 1.807) is 0 Å². The first-order valence-corrected chi connectivity index (χ1v) is 5.37. The lowest BCUT2D eigenvalue weighted by molar-refractivity contribution is 0.459. The van der Waals surface area contributed by atoms with Crippen LogP contribution >= 0.6 is 11.6 Å². The average Bonchev–Trinajstić information content (AvgIpc) is 1.92. The lowest BCUT2D eigenvalue weighted by atomic mass is 10.3. The molecule has 0 heterocycles. The molecule has 0 spiro atoms. The van der Waals surface area contributed by atoms with Crippen molar-refractivity contribution in [2.45, 2.75) is 4.90 Å². The van der Waals surface area contributed by atoms with Crippen LogP contribution in [-0.2, 0) is 9.84 Å². The van der Waals surface area contributed by atoms with E-state index >= 15 is 0 Å². The fourth-order valence-electron chi connectivity index (χ4n) is 0.785. The van der Waals surface area contributed by atoms with Crippen LogP contribution in [0.1, 0.15) is 0 Å². The Labute approximate surface area is 75.5 Å². The molecule has 1 N–H and O–H groups in total. The van der Waals surface area contributed by atoms with Crippen LogP contribution in [0.5, 0.6) is 5.75 Å². The molecular formula is C7H7ClO3S. The fraction of sp³-hybridized carbons (Fsp3) is 0.143. The molecule has 0 aromatic heterocycles. The van der Waals surface area contributed by atoms with E-state index in [1.807, 2.05) is 0 Å². The monoisotopic (exact) mass is 206 g/mol. The van der Waals surface area contributed by atoms with Crippen molar-refractivity contribution in [2.24, 2.45) is 0 Å². The summed E-state index contributed by atoms with van der Waals surface area (Å²) in [6, 6.07) is 3.89. The molecule has 0 saturated heterocycles. The lowest BCUT2D eigenvalue weighted by Crippen LogP contribution is -1.96. The number of hydrogen-bond acceptors (Lipinski definition) is 3. The molecule has 0 fully saturated rings. The van der Waals surface area contributed by atoms with E-state index in [4.69, 9.17) is 16.7 Å². The Morgan fingerprint density at radius 1 is 1.42 bits per heavy atom.